The van der Waals surface area contributed by atoms with Gasteiger partial charge in [0.15, 0.2) is 5.82 Å². The molecule has 1 aromatic heterocycles. The monoisotopic (exact) mass is 374 g/mol. The largest absolute Gasteiger partial charge is 0.507 e. The maximum absolute atomic E-state index is 12.1. The van der Waals surface area contributed by atoms with Crippen molar-refractivity contribution in [2.75, 3.05) is 5.32 Å². The molecule has 0 aliphatic rings. The summed E-state index contributed by atoms with van der Waals surface area (Å²) in [6.45, 7) is 0. The van der Waals surface area contributed by atoms with Crippen LogP contribution in [0.4, 0.5) is 5.82 Å². The van der Waals surface area contributed by atoms with Crippen molar-refractivity contribution in [2.45, 2.75) is 4.90 Å². The first-order valence-corrected chi connectivity index (χ1v) is 7.88. The molecule has 0 spiro atoms. The first-order chi connectivity index (χ1) is 9.68. The molecule has 0 fully saturated rings. The van der Waals surface area contributed by atoms with Gasteiger partial charge in [-0.15, -0.1) is 0 Å². The van der Waals surface area contributed by atoms with Crippen molar-refractivity contribution in [1.82, 2.24) is 9.78 Å². The number of nitrogens with two attached hydrogens (primary N) is 1. The number of hydrogen-bond donors (Lipinski definition) is 3. The van der Waals surface area contributed by atoms with E-state index < -0.39 is 15.9 Å². The smallest absolute Gasteiger partial charge is 0.260 e. The lowest BCUT2D eigenvalue weighted by Gasteiger charge is -2.06. The van der Waals surface area contributed by atoms with E-state index in [1.165, 1.54) is 30.1 Å². The van der Waals surface area contributed by atoms with Gasteiger partial charge in [-0.05, 0) is 18.2 Å². The third kappa shape index (κ3) is 3.40. The molecule has 0 aliphatic heterocycles. The number of hydrogen-bond acceptors (Lipinski definition) is 5. The van der Waals surface area contributed by atoms with Crippen molar-refractivity contribution < 1.29 is 18.3 Å². The van der Waals surface area contributed by atoms with E-state index in [-0.39, 0.29) is 22.0 Å². The van der Waals surface area contributed by atoms with Gasteiger partial charge in [-0.25, -0.2) is 13.6 Å². The predicted molar refractivity (Wildman–Crippen MR) is 78.3 cm³/mol. The van der Waals surface area contributed by atoms with Crippen molar-refractivity contribution in [1.29, 1.82) is 0 Å². The highest BCUT2D eigenvalue weighted by Gasteiger charge is 2.21. The van der Waals surface area contributed by atoms with Gasteiger partial charge in [0.1, 0.15) is 10.6 Å². The van der Waals surface area contributed by atoms with E-state index in [0.29, 0.717) is 4.47 Å². The molecule has 4 N–H and O–H groups in total. The number of carbonyl (C=O) groups is 1. The number of benzene rings is 1. The lowest BCUT2D eigenvalue weighted by molar-refractivity contribution is 0.102. The molecule has 112 valence electrons. The number of primary sulfonamides is 1. The van der Waals surface area contributed by atoms with Crippen LogP contribution in [0.15, 0.2) is 33.8 Å². The van der Waals surface area contributed by atoms with E-state index in [2.05, 4.69) is 26.3 Å². The number of nitrogens with zero attached hydrogens (tertiary/aromatic N) is 2. The Morgan fingerprint density at radius 3 is 2.76 bits per heavy atom. The first kappa shape index (κ1) is 15.5. The van der Waals surface area contributed by atoms with Crippen LogP contribution in [0.2, 0.25) is 0 Å². The molecule has 0 radical (unpaired) electrons. The Morgan fingerprint density at radius 1 is 1.48 bits per heavy atom. The average Bonchev–Trinajstić information content (AvgIpc) is 2.73. The standard InChI is InChI=1S/C11H11BrN4O4S/c1-16-5-9(21(13,19)20)10(15-16)14-11(18)7-4-6(12)2-3-8(7)17/h2-5,17H,1H3,(H2,13,19,20)(H,14,15,18). The minimum absolute atomic E-state index is 0.0320. The molecule has 10 heteroatoms. The molecule has 0 atom stereocenters. The number of phenolic OH excluding ortho intramolecular Hbond substituents is 1. The average molecular weight is 375 g/mol. The Labute approximate surface area is 128 Å². The summed E-state index contributed by atoms with van der Waals surface area (Å²) in [5.41, 5.74) is -0.0320. The highest BCUT2D eigenvalue weighted by atomic mass is 79.9. The van der Waals surface area contributed by atoms with E-state index in [0.717, 1.165) is 0 Å². The third-order valence-corrected chi connectivity index (χ3v) is 3.94. The zero-order chi connectivity index (χ0) is 15.8. The number of rotatable bonds is 3. The van der Waals surface area contributed by atoms with Gasteiger partial charge >= 0.3 is 0 Å². The Hall–Kier alpha value is -1.91. The summed E-state index contributed by atoms with van der Waals surface area (Å²) in [7, 11) is -2.54. The van der Waals surface area contributed by atoms with Crippen molar-refractivity contribution >= 4 is 37.7 Å². The second-order valence-corrected chi connectivity index (χ2v) is 6.62. The SMILES string of the molecule is Cn1cc(S(N)(=O)=O)c(NC(=O)c2cc(Br)ccc2O)n1. The summed E-state index contributed by atoms with van der Waals surface area (Å²) >= 11 is 3.17. The fourth-order valence-corrected chi connectivity index (χ4v) is 2.65. The molecule has 0 bridgehead atoms. The minimum Gasteiger partial charge on any atom is -0.507 e. The van der Waals surface area contributed by atoms with Crippen LogP contribution in [0.1, 0.15) is 10.4 Å². The molecule has 2 aromatic rings. The van der Waals surface area contributed by atoms with Gasteiger partial charge < -0.3 is 10.4 Å². The van der Waals surface area contributed by atoms with Crippen LogP contribution in [0.5, 0.6) is 5.75 Å². The maximum Gasteiger partial charge on any atom is 0.260 e. The summed E-state index contributed by atoms with van der Waals surface area (Å²) in [6, 6.07) is 4.28. The van der Waals surface area contributed by atoms with E-state index in [9.17, 15) is 18.3 Å². The summed E-state index contributed by atoms with van der Waals surface area (Å²) in [5.74, 6) is -1.16. The van der Waals surface area contributed by atoms with Gasteiger partial charge in [0.25, 0.3) is 5.91 Å². The Bertz CT molecular complexity index is 816. The highest BCUT2D eigenvalue weighted by Crippen LogP contribution is 2.24. The van der Waals surface area contributed by atoms with Crippen LogP contribution < -0.4 is 10.5 Å². The van der Waals surface area contributed by atoms with Crippen LogP contribution in [-0.2, 0) is 17.1 Å². The van der Waals surface area contributed by atoms with Gasteiger partial charge in [-0.1, -0.05) is 15.9 Å². The van der Waals surface area contributed by atoms with Crippen molar-refractivity contribution in [3.05, 3.63) is 34.4 Å². The normalized spacial score (nSPS) is 11.4. The zero-order valence-electron chi connectivity index (χ0n) is 10.7. The van der Waals surface area contributed by atoms with Gasteiger partial charge in [0, 0.05) is 17.7 Å². The number of phenols is 1. The fourth-order valence-electron chi connectivity index (χ4n) is 1.63. The number of halogens is 1. The molecule has 8 nitrogen and oxygen atoms in total. The van der Waals surface area contributed by atoms with E-state index in [1.807, 2.05) is 0 Å². The van der Waals surface area contributed by atoms with Crippen molar-refractivity contribution in [3.63, 3.8) is 0 Å². The van der Waals surface area contributed by atoms with Crippen LogP contribution >= 0.6 is 15.9 Å². The maximum atomic E-state index is 12.1. The number of aromatic hydroxyl groups is 1. The number of anilines is 1. The molecule has 0 aliphatic carbocycles. The molecule has 0 unspecified atom stereocenters. The minimum atomic E-state index is -4.03. The molecule has 2 rings (SSSR count). The van der Waals surface area contributed by atoms with Gasteiger partial charge in [0.2, 0.25) is 10.0 Å². The highest BCUT2D eigenvalue weighted by molar-refractivity contribution is 9.10. The number of nitrogens with one attached hydrogen (secondary N) is 1. The molecule has 1 heterocycles. The summed E-state index contributed by atoms with van der Waals surface area (Å²) < 4.78 is 24.6. The van der Waals surface area contributed by atoms with E-state index in [1.54, 1.807) is 6.07 Å². The molecule has 0 saturated carbocycles. The van der Waals surface area contributed by atoms with Crippen LogP contribution in [0.3, 0.4) is 0 Å². The van der Waals surface area contributed by atoms with E-state index >= 15 is 0 Å². The lowest BCUT2D eigenvalue weighted by atomic mass is 10.2. The molecular weight excluding hydrogens is 364 g/mol. The Kier molecular flexibility index (Phi) is 4.03. The zero-order valence-corrected chi connectivity index (χ0v) is 13.1. The van der Waals surface area contributed by atoms with Crippen molar-refractivity contribution in [3.8, 4) is 5.75 Å². The first-order valence-electron chi connectivity index (χ1n) is 5.55. The number of sulfonamides is 1. The fraction of sp³-hybridized carbons (Fsp3) is 0.0909. The molecule has 1 aromatic carbocycles. The van der Waals surface area contributed by atoms with E-state index in [4.69, 9.17) is 5.14 Å². The lowest BCUT2D eigenvalue weighted by Crippen LogP contribution is -2.18. The number of amides is 1. The van der Waals surface area contributed by atoms with Gasteiger partial charge in [-0.2, -0.15) is 5.10 Å². The summed E-state index contributed by atoms with van der Waals surface area (Å²) in [4.78, 5) is 11.8. The third-order valence-electron chi connectivity index (χ3n) is 2.54. The Balaban J connectivity index is 2.39. The van der Waals surface area contributed by atoms with Crippen LogP contribution in [0.25, 0.3) is 0 Å². The molecule has 1 amide bonds. The van der Waals surface area contributed by atoms with Crippen LogP contribution in [0, 0.1) is 0 Å². The number of carbonyl (C=O) groups excluding carboxylic acids is 1. The second kappa shape index (κ2) is 5.47. The van der Waals surface area contributed by atoms with Gasteiger partial charge in [-0.3, -0.25) is 9.48 Å². The Morgan fingerprint density at radius 2 is 2.14 bits per heavy atom. The van der Waals surface area contributed by atoms with Crippen LogP contribution in [-0.4, -0.2) is 29.2 Å². The summed E-state index contributed by atoms with van der Waals surface area (Å²) in [5, 5.41) is 20.9. The predicted octanol–water partition coefficient (Wildman–Crippen LogP) is 0.788. The number of aromatic nitrogens is 2. The quantitative estimate of drug-likeness (QED) is 0.731. The molecule has 21 heavy (non-hydrogen) atoms. The van der Waals surface area contributed by atoms with Crippen molar-refractivity contribution in [2.24, 2.45) is 12.2 Å². The molecular formula is C11H11BrN4O4S. The second-order valence-electron chi connectivity index (χ2n) is 4.18. The molecule has 0 saturated heterocycles. The summed E-state index contributed by atoms with van der Waals surface area (Å²) in [6.07, 6.45) is 1.17. The topological polar surface area (TPSA) is 127 Å². The number of aryl methyl sites for hydroxylation is 1. The van der Waals surface area contributed by atoms with Gasteiger partial charge in [0.05, 0.1) is 5.56 Å².